The predicted octanol–water partition coefficient (Wildman–Crippen LogP) is 2.86. The van der Waals surface area contributed by atoms with E-state index in [9.17, 15) is 0 Å². The fraction of sp³-hybridized carbons (Fsp3) is 0.200. The molecule has 0 atom stereocenters. The van der Waals surface area contributed by atoms with Gasteiger partial charge < -0.3 is 0 Å². The molecule has 0 fully saturated rings. The van der Waals surface area contributed by atoms with Gasteiger partial charge in [0.25, 0.3) is 0 Å². The normalized spacial score (nSPS) is 11.2. The Morgan fingerprint density at radius 3 is 2.58 bits per heavy atom. The molecule has 0 aliphatic heterocycles. The zero-order valence-corrected chi connectivity index (χ0v) is 9.11. The van der Waals surface area contributed by atoms with Crippen molar-refractivity contribution in [3.8, 4) is 0 Å². The molecule has 1 radical (unpaired) electrons. The van der Waals surface area contributed by atoms with Crippen LogP contribution in [0.5, 0.6) is 0 Å². The number of fused-ring (bicyclic) bond motifs is 1. The minimum Gasteiger partial charge on any atom is -0.145 e. The summed E-state index contributed by atoms with van der Waals surface area (Å²) in [6, 6.07) is 11.0. The SMILES string of the molecule is C[Si](C)c1cc2ccccc2s1. The van der Waals surface area contributed by atoms with Crippen molar-refractivity contribution in [2.75, 3.05) is 0 Å². The number of benzene rings is 1. The second-order valence-electron chi connectivity index (χ2n) is 3.15. The summed E-state index contributed by atoms with van der Waals surface area (Å²) in [6.45, 7) is 4.69. The molecular formula is C10H11SSi. The zero-order valence-electron chi connectivity index (χ0n) is 7.29. The molecule has 0 aliphatic rings. The van der Waals surface area contributed by atoms with E-state index in [-0.39, 0.29) is 8.80 Å². The highest BCUT2D eigenvalue weighted by Crippen LogP contribution is 2.18. The summed E-state index contributed by atoms with van der Waals surface area (Å²) in [7, 11) is -0.255. The smallest absolute Gasteiger partial charge is 0.0927 e. The Bertz CT molecular complexity index is 356. The first-order valence-corrected chi connectivity index (χ1v) is 7.38. The predicted molar refractivity (Wildman–Crippen MR) is 58.9 cm³/mol. The van der Waals surface area contributed by atoms with Crippen molar-refractivity contribution in [2.45, 2.75) is 13.1 Å². The monoisotopic (exact) mass is 191 g/mol. The van der Waals surface area contributed by atoms with Gasteiger partial charge in [-0.3, -0.25) is 0 Å². The van der Waals surface area contributed by atoms with Crippen LogP contribution in [0.15, 0.2) is 30.3 Å². The van der Waals surface area contributed by atoms with Crippen molar-refractivity contribution >= 4 is 34.7 Å². The van der Waals surface area contributed by atoms with Crippen LogP contribution >= 0.6 is 11.3 Å². The van der Waals surface area contributed by atoms with Crippen LogP contribution in [0.1, 0.15) is 0 Å². The molecule has 1 aromatic carbocycles. The van der Waals surface area contributed by atoms with Gasteiger partial charge in [0, 0.05) is 4.70 Å². The lowest BCUT2D eigenvalue weighted by atomic mass is 10.3. The van der Waals surface area contributed by atoms with Crippen LogP contribution in [0.25, 0.3) is 10.1 Å². The maximum atomic E-state index is 2.34. The Morgan fingerprint density at radius 2 is 1.92 bits per heavy atom. The van der Waals surface area contributed by atoms with E-state index in [2.05, 4.69) is 43.4 Å². The molecule has 0 saturated carbocycles. The number of rotatable bonds is 1. The molecule has 2 aromatic rings. The number of hydrogen-bond donors (Lipinski definition) is 0. The summed E-state index contributed by atoms with van der Waals surface area (Å²) in [5, 5.41) is 1.41. The third-order valence-electron chi connectivity index (χ3n) is 1.92. The summed E-state index contributed by atoms with van der Waals surface area (Å²) in [5.74, 6) is 0. The number of hydrogen-bond acceptors (Lipinski definition) is 1. The van der Waals surface area contributed by atoms with Crippen LogP contribution in [0.3, 0.4) is 0 Å². The van der Waals surface area contributed by atoms with Crippen molar-refractivity contribution < 1.29 is 0 Å². The molecule has 0 N–H and O–H groups in total. The molecule has 0 bridgehead atoms. The first-order valence-electron chi connectivity index (χ1n) is 4.06. The van der Waals surface area contributed by atoms with Crippen LogP contribution in [0.4, 0.5) is 0 Å². The molecule has 1 aromatic heterocycles. The van der Waals surface area contributed by atoms with Crippen LogP contribution in [-0.4, -0.2) is 8.80 Å². The molecule has 2 heteroatoms. The van der Waals surface area contributed by atoms with Gasteiger partial charge in [-0.05, 0) is 22.0 Å². The van der Waals surface area contributed by atoms with Crippen LogP contribution in [-0.2, 0) is 0 Å². The highest BCUT2D eigenvalue weighted by atomic mass is 32.1. The summed E-state index contributed by atoms with van der Waals surface area (Å²) < 4.78 is 3.01. The standard InChI is InChI=1S/C10H11SSi/c1-12(2)10-7-8-5-3-4-6-9(8)11-10/h3-7H,1-2H3. The van der Waals surface area contributed by atoms with Gasteiger partial charge in [-0.2, -0.15) is 0 Å². The Labute approximate surface area is 78.5 Å². The average molecular weight is 191 g/mol. The summed E-state index contributed by atoms with van der Waals surface area (Å²) in [6.07, 6.45) is 0. The summed E-state index contributed by atoms with van der Waals surface area (Å²) in [5.41, 5.74) is 0. The lowest BCUT2D eigenvalue weighted by molar-refractivity contribution is 1.86. The number of thiophene rings is 1. The molecule has 0 aliphatic carbocycles. The first kappa shape index (κ1) is 8.02. The Hall–Kier alpha value is -0.603. The lowest BCUT2D eigenvalue weighted by Crippen LogP contribution is -2.17. The van der Waals surface area contributed by atoms with E-state index in [4.69, 9.17) is 0 Å². The van der Waals surface area contributed by atoms with E-state index in [0.717, 1.165) is 0 Å². The van der Waals surface area contributed by atoms with Crippen LogP contribution in [0.2, 0.25) is 13.1 Å². The van der Waals surface area contributed by atoms with Gasteiger partial charge in [0.2, 0.25) is 0 Å². The van der Waals surface area contributed by atoms with Gasteiger partial charge in [-0.15, -0.1) is 11.3 Å². The van der Waals surface area contributed by atoms with Crippen LogP contribution < -0.4 is 4.50 Å². The maximum Gasteiger partial charge on any atom is 0.0927 e. The van der Waals surface area contributed by atoms with Crippen molar-refractivity contribution in [1.29, 1.82) is 0 Å². The van der Waals surface area contributed by atoms with Gasteiger partial charge >= 0.3 is 0 Å². The van der Waals surface area contributed by atoms with Crippen molar-refractivity contribution in [3.63, 3.8) is 0 Å². The fourth-order valence-electron chi connectivity index (χ4n) is 1.23. The van der Waals surface area contributed by atoms with E-state index < -0.39 is 0 Å². The fourth-order valence-corrected chi connectivity index (χ4v) is 3.63. The second kappa shape index (κ2) is 3.03. The lowest BCUT2D eigenvalue weighted by Gasteiger charge is -1.93. The average Bonchev–Trinajstić information content (AvgIpc) is 2.46. The van der Waals surface area contributed by atoms with E-state index in [1.54, 1.807) is 4.50 Å². The van der Waals surface area contributed by atoms with E-state index >= 15 is 0 Å². The quantitative estimate of drug-likeness (QED) is 0.608. The topological polar surface area (TPSA) is 0 Å². The van der Waals surface area contributed by atoms with E-state index in [1.165, 1.54) is 10.1 Å². The second-order valence-corrected chi connectivity index (χ2v) is 7.13. The summed E-state index contributed by atoms with van der Waals surface area (Å²) in [4.78, 5) is 0. The summed E-state index contributed by atoms with van der Waals surface area (Å²) >= 11 is 1.95. The van der Waals surface area contributed by atoms with Crippen molar-refractivity contribution in [3.05, 3.63) is 30.3 Å². The van der Waals surface area contributed by atoms with Crippen molar-refractivity contribution in [2.24, 2.45) is 0 Å². The first-order chi connectivity index (χ1) is 5.77. The molecule has 61 valence electrons. The Balaban J connectivity index is 2.62. The molecule has 0 unspecified atom stereocenters. The van der Waals surface area contributed by atoms with Gasteiger partial charge in [0.15, 0.2) is 0 Å². The molecule has 0 nitrogen and oxygen atoms in total. The minimum absolute atomic E-state index is 0.255. The largest absolute Gasteiger partial charge is 0.145 e. The van der Waals surface area contributed by atoms with Crippen molar-refractivity contribution in [1.82, 2.24) is 0 Å². The van der Waals surface area contributed by atoms with Gasteiger partial charge in [-0.1, -0.05) is 31.3 Å². The maximum absolute atomic E-state index is 2.34. The van der Waals surface area contributed by atoms with Gasteiger partial charge in [-0.25, -0.2) is 0 Å². The molecule has 0 saturated heterocycles. The third kappa shape index (κ3) is 1.32. The highest BCUT2D eigenvalue weighted by molar-refractivity contribution is 7.28. The molecule has 12 heavy (non-hydrogen) atoms. The van der Waals surface area contributed by atoms with E-state index in [0.29, 0.717) is 0 Å². The Kier molecular flexibility index (Phi) is 2.03. The molecule has 0 amide bonds. The Morgan fingerprint density at radius 1 is 1.17 bits per heavy atom. The molecular weight excluding hydrogens is 180 g/mol. The zero-order chi connectivity index (χ0) is 8.55. The third-order valence-corrected chi connectivity index (χ3v) is 5.51. The molecule has 2 rings (SSSR count). The molecule has 0 spiro atoms. The highest BCUT2D eigenvalue weighted by Gasteiger charge is 2.04. The minimum atomic E-state index is -0.255. The van der Waals surface area contributed by atoms with Gasteiger partial charge in [0.1, 0.15) is 0 Å². The van der Waals surface area contributed by atoms with Crippen LogP contribution in [0, 0.1) is 0 Å². The van der Waals surface area contributed by atoms with Gasteiger partial charge in [0.05, 0.1) is 8.80 Å². The molecule has 1 heterocycles. The van der Waals surface area contributed by atoms with E-state index in [1.807, 2.05) is 11.3 Å².